The minimum atomic E-state index is -2.16. The average molecular weight is 1050 g/mol. The van der Waals surface area contributed by atoms with Gasteiger partial charge in [0.2, 0.25) is 0 Å². The van der Waals surface area contributed by atoms with Gasteiger partial charge >= 0.3 is 184 Å². The monoisotopic (exact) mass is 1060 g/mol. The van der Waals surface area contributed by atoms with E-state index in [0.29, 0.717) is 37.1 Å². The molecule has 0 bridgehead atoms. The molecule has 0 unspecified atom stereocenters. The maximum atomic E-state index is 8.05. The fourth-order valence-corrected chi connectivity index (χ4v) is 11.0. The summed E-state index contributed by atoms with van der Waals surface area (Å²) in [6.07, 6.45) is 8.19. The summed E-state index contributed by atoms with van der Waals surface area (Å²) >= 11 is 10.2. The van der Waals surface area contributed by atoms with Gasteiger partial charge in [0.15, 0.2) is 0 Å². The second kappa shape index (κ2) is 62.0. The van der Waals surface area contributed by atoms with Crippen molar-refractivity contribution in [3.63, 3.8) is 0 Å². The molecule has 39 heavy (non-hydrogen) atoms. The minimum Gasteiger partial charge on any atom is -0.328 e. The molecule has 0 radical (unpaired) electrons. The first kappa shape index (κ1) is 56.4. The van der Waals surface area contributed by atoms with Crippen LogP contribution in [-0.2, 0) is 13.6 Å². The minimum absolute atomic E-state index is 0.293. The molecule has 0 aliphatic rings. The van der Waals surface area contributed by atoms with E-state index in [4.69, 9.17) is 57.2 Å². The van der Waals surface area contributed by atoms with E-state index in [1.165, 1.54) is 51.8 Å². The van der Waals surface area contributed by atoms with Crippen molar-refractivity contribution in [1.29, 1.82) is 0 Å². The standard InChI is InChI=1S/3C4H9.3C2H7O3PS.3S.3Sn.3H/c3*1-3-4-2;3*3-6(4)5-1-2-7;;;;;;;;;/h3*1,3-4H2,2H3;3*3-4,7H,1-2H2;;;;;;;;;. The first-order valence-electron chi connectivity index (χ1n) is 12.1. The molecule has 0 rings (SSSR count). The molecule has 0 saturated heterocycles. The number of hydrogen-bond acceptors (Lipinski definition) is 15. The van der Waals surface area contributed by atoms with Crippen LogP contribution in [0.4, 0.5) is 0 Å². The molecular formula is C18H51O9P3S6Sn3. The van der Waals surface area contributed by atoms with Gasteiger partial charge in [-0.2, -0.15) is 37.9 Å². The van der Waals surface area contributed by atoms with E-state index in [9.17, 15) is 0 Å². The van der Waals surface area contributed by atoms with Crippen LogP contribution in [0.15, 0.2) is 0 Å². The summed E-state index contributed by atoms with van der Waals surface area (Å²) in [5, 5.41) is 0. The fraction of sp³-hybridized carbons (Fsp3) is 1.00. The molecule has 0 aromatic rings. The number of hydrogen-bond donors (Lipinski definition) is 9. The van der Waals surface area contributed by atoms with Crippen LogP contribution in [0.25, 0.3) is 0 Å². The molecule has 21 heteroatoms. The van der Waals surface area contributed by atoms with Crippen molar-refractivity contribution in [3.8, 4) is 0 Å². The van der Waals surface area contributed by atoms with Crippen LogP contribution < -0.4 is 0 Å². The quantitative estimate of drug-likeness (QED) is 0.0360. The number of rotatable bonds is 18. The zero-order chi connectivity index (χ0) is 31.6. The summed E-state index contributed by atoms with van der Waals surface area (Å²) in [7, 11) is 8.26. The molecule has 0 saturated carbocycles. The third-order valence-corrected chi connectivity index (χ3v) is 15.0. The predicted octanol–water partition coefficient (Wildman–Crippen LogP) is 5.69. The van der Waals surface area contributed by atoms with Crippen LogP contribution in [0, 0.1) is 0 Å². The van der Waals surface area contributed by atoms with E-state index in [1.807, 2.05) is 0 Å². The van der Waals surface area contributed by atoms with Crippen LogP contribution in [0.5, 0.6) is 0 Å². The van der Waals surface area contributed by atoms with E-state index < -0.39 is 25.8 Å². The molecule has 0 aliphatic carbocycles. The third kappa shape index (κ3) is 107. The van der Waals surface area contributed by atoms with Gasteiger partial charge in [-0.3, -0.25) is 0 Å². The van der Waals surface area contributed by atoms with Gasteiger partial charge in [0.25, 0.3) is 0 Å². The topological polar surface area (TPSA) is 149 Å². The van der Waals surface area contributed by atoms with Gasteiger partial charge in [-0.05, 0) is 0 Å². The van der Waals surface area contributed by atoms with Gasteiger partial charge in [-0.1, -0.05) is 0 Å². The largest absolute Gasteiger partial charge is 0.328 e. The van der Waals surface area contributed by atoms with Gasteiger partial charge in [-0.25, -0.2) is 0 Å². The van der Waals surface area contributed by atoms with Crippen LogP contribution in [0.3, 0.4) is 0 Å². The van der Waals surface area contributed by atoms with Gasteiger partial charge < -0.3 is 42.9 Å². The van der Waals surface area contributed by atoms with Gasteiger partial charge in [0, 0.05) is 17.3 Å². The molecule has 0 atom stereocenters. The molecule has 240 valence electrons. The zero-order valence-corrected chi connectivity index (χ0v) is 40.9. The second-order valence-corrected chi connectivity index (χ2v) is 24.5. The molecule has 9 nitrogen and oxygen atoms in total. The molecule has 0 aromatic heterocycles. The molecule has 0 fully saturated rings. The summed E-state index contributed by atoms with van der Waals surface area (Å²) < 4.78 is 17.1. The van der Waals surface area contributed by atoms with Crippen molar-refractivity contribution in [3.05, 3.63) is 0 Å². The first-order chi connectivity index (χ1) is 18.6. The van der Waals surface area contributed by atoms with Crippen molar-refractivity contribution >= 4 is 149 Å². The Labute approximate surface area is 297 Å². The fourth-order valence-electron chi connectivity index (χ4n) is 1.23. The van der Waals surface area contributed by atoms with Crippen molar-refractivity contribution in [2.45, 2.75) is 72.6 Å². The van der Waals surface area contributed by atoms with E-state index in [1.54, 1.807) is 0 Å². The van der Waals surface area contributed by atoms with E-state index in [0.717, 1.165) is 0 Å². The third-order valence-electron chi connectivity index (χ3n) is 2.92. The SMILES string of the molecule is CCC[CH2][SnH]=[S].CCC[CH2][SnH]=[S].CCC[CH2][SnH]=[S].OP(O)OCCS.OP(O)OCCS.OP(O)OCCS. The van der Waals surface area contributed by atoms with Crippen molar-refractivity contribution in [2.24, 2.45) is 0 Å². The summed E-state index contributed by atoms with van der Waals surface area (Å²) in [5.74, 6) is 1.54. The first-order valence-corrected chi connectivity index (χ1v) is 38.0. The summed E-state index contributed by atoms with van der Waals surface area (Å²) in [6, 6.07) is 0. The van der Waals surface area contributed by atoms with Gasteiger partial charge in [-0.15, -0.1) is 0 Å². The van der Waals surface area contributed by atoms with E-state index in [-0.39, 0.29) is 57.6 Å². The summed E-state index contributed by atoms with van der Waals surface area (Å²) in [5.41, 5.74) is 0. The van der Waals surface area contributed by atoms with Crippen molar-refractivity contribution in [2.75, 3.05) is 37.1 Å². The number of unbranched alkanes of at least 4 members (excludes halogenated alkanes) is 3. The molecule has 0 spiro atoms. The molecule has 0 aromatic carbocycles. The molecular weight excluding hydrogens is 1000 g/mol. The molecule has 0 aliphatic heterocycles. The Hall–Kier alpha value is 5.04. The Balaban J connectivity index is -0.0000000839. The average Bonchev–Trinajstić information content (AvgIpc) is 2.92. The van der Waals surface area contributed by atoms with Crippen molar-refractivity contribution in [1.82, 2.24) is 0 Å². The van der Waals surface area contributed by atoms with Gasteiger partial charge in [0.1, 0.15) is 0 Å². The summed E-state index contributed by atoms with van der Waals surface area (Å²) in [6.45, 7) is 7.53. The Bertz CT molecular complexity index is 381. The summed E-state index contributed by atoms with van der Waals surface area (Å²) in [4.78, 5) is 48.3. The van der Waals surface area contributed by atoms with E-state index >= 15 is 0 Å². The zero-order valence-electron chi connectivity index (χ0n) is 23.2. The molecule has 0 heterocycles. The van der Waals surface area contributed by atoms with Crippen LogP contribution in [0.2, 0.25) is 13.3 Å². The Kier molecular flexibility index (Phi) is 89.5. The Morgan fingerprint density at radius 1 is 0.513 bits per heavy atom. The van der Waals surface area contributed by atoms with Crippen LogP contribution in [0.1, 0.15) is 59.3 Å². The molecule has 0 amide bonds. The second-order valence-electron chi connectivity index (χ2n) is 6.36. The van der Waals surface area contributed by atoms with Crippen LogP contribution >= 0.6 is 91.6 Å². The van der Waals surface area contributed by atoms with Crippen molar-refractivity contribution < 1.29 is 42.9 Å². The maximum absolute atomic E-state index is 8.05. The van der Waals surface area contributed by atoms with E-state index in [2.05, 4.69) is 72.2 Å². The normalized spacial score (nSPS) is 9.31. The maximum Gasteiger partial charge on any atom is 0.327 e. The predicted molar refractivity (Wildman–Crippen MR) is 197 cm³/mol. The van der Waals surface area contributed by atoms with Gasteiger partial charge in [0.05, 0.1) is 19.8 Å². The smallest absolute Gasteiger partial charge is 0.327 e. The molecule has 6 N–H and O–H groups in total. The Morgan fingerprint density at radius 2 is 0.718 bits per heavy atom. The van der Waals surface area contributed by atoms with Crippen LogP contribution in [-0.4, -0.2) is 124 Å². The number of thiol groups is 3. The Morgan fingerprint density at radius 3 is 0.769 bits per heavy atom.